The first-order chi connectivity index (χ1) is 5.77. The van der Waals surface area contributed by atoms with Gasteiger partial charge in [0, 0.05) is 6.20 Å². The van der Waals surface area contributed by atoms with Crippen molar-refractivity contribution in [2.45, 2.75) is 19.8 Å². The molecule has 0 spiro atoms. The summed E-state index contributed by atoms with van der Waals surface area (Å²) in [6.07, 6.45) is 5.41. The molecule has 3 heteroatoms. The molecule has 0 aliphatic carbocycles. The maximum absolute atomic E-state index is 4.14. The van der Waals surface area contributed by atoms with E-state index in [2.05, 4.69) is 36.1 Å². The van der Waals surface area contributed by atoms with E-state index < -0.39 is 0 Å². The zero-order valence-electron chi connectivity index (χ0n) is 7.23. The molecule has 2 heterocycles. The molecule has 62 valence electrons. The van der Waals surface area contributed by atoms with Gasteiger partial charge in [-0.2, -0.15) is 0 Å². The molecular formula is C9H11N3. The normalized spacial score (nSPS) is 11.2. The van der Waals surface area contributed by atoms with Crippen LogP contribution in [0.3, 0.4) is 0 Å². The average Bonchev–Trinajstić information content (AvgIpc) is 2.46. The first-order valence-electron chi connectivity index (χ1n) is 4.05. The van der Waals surface area contributed by atoms with E-state index in [-0.39, 0.29) is 0 Å². The van der Waals surface area contributed by atoms with Gasteiger partial charge in [0.1, 0.15) is 18.3 Å². The van der Waals surface area contributed by atoms with E-state index in [4.69, 9.17) is 0 Å². The van der Waals surface area contributed by atoms with E-state index in [1.165, 1.54) is 5.56 Å². The molecular weight excluding hydrogens is 150 g/mol. The van der Waals surface area contributed by atoms with Crippen molar-refractivity contribution >= 4 is 5.65 Å². The number of hydrogen-bond donors (Lipinski definition) is 0. The minimum absolute atomic E-state index is 0.548. The summed E-state index contributed by atoms with van der Waals surface area (Å²) < 4.78 is 1.94. The highest BCUT2D eigenvalue weighted by atomic mass is 15.0. The Morgan fingerprint density at radius 3 is 2.92 bits per heavy atom. The summed E-state index contributed by atoms with van der Waals surface area (Å²) in [5.41, 5.74) is 2.27. The largest absolute Gasteiger partial charge is 0.292 e. The van der Waals surface area contributed by atoms with E-state index in [0.29, 0.717) is 5.92 Å². The van der Waals surface area contributed by atoms with Gasteiger partial charge >= 0.3 is 0 Å². The lowest BCUT2D eigenvalue weighted by Gasteiger charge is -1.96. The van der Waals surface area contributed by atoms with Gasteiger partial charge < -0.3 is 0 Å². The molecule has 12 heavy (non-hydrogen) atoms. The van der Waals surface area contributed by atoms with Crippen LogP contribution in [0, 0.1) is 0 Å². The van der Waals surface area contributed by atoms with Crippen LogP contribution in [0.1, 0.15) is 25.3 Å². The lowest BCUT2D eigenvalue weighted by Crippen LogP contribution is -1.85. The highest BCUT2D eigenvalue weighted by Gasteiger charge is 2.02. The van der Waals surface area contributed by atoms with Crippen molar-refractivity contribution < 1.29 is 0 Å². The summed E-state index contributed by atoms with van der Waals surface area (Å²) in [6, 6.07) is 2.09. The second-order valence-electron chi connectivity index (χ2n) is 3.20. The van der Waals surface area contributed by atoms with Crippen LogP contribution in [0.5, 0.6) is 0 Å². The van der Waals surface area contributed by atoms with Gasteiger partial charge in [0.15, 0.2) is 0 Å². The maximum Gasteiger partial charge on any atom is 0.139 e. The van der Waals surface area contributed by atoms with E-state index in [9.17, 15) is 0 Å². The molecule has 0 aliphatic rings. The third-order valence-corrected chi connectivity index (χ3v) is 1.96. The minimum atomic E-state index is 0.548. The van der Waals surface area contributed by atoms with Gasteiger partial charge in [-0.1, -0.05) is 13.8 Å². The fourth-order valence-electron chi connectivity index (χ4n) is 1.19. The number of rotatable bonds is 1. The Bertz CT molecular complexity index is 356. The first-order valence-corrected chi connectivity index (χ1v) is 4.05. The third-order valence-electron chi connectivity index (χ3n) is 1.96. The van der Waals surface area contributed by atoms with Crippen molar-refractivity contribution in [2.24, 2.45) is 0 Å². The molecule has 2 aromatic heterocycles. The standard InChI is InChI=1S/C9H11N3/c1-7(2)8-3-9-11-5-10-6-12(9)4-8/h3-7H,1-2H3. The topological polar surface area (TPSA) is 30.2 Å². The van der Waals surface area contributed by atoms with E-state index >= 15 is 0 Å². The van der Waals surface area contributed by atoms with Crippen molar-refractivity contribution in [1.82, 2.24) is 14.4 Å². The lowest BCUT2D eigenvalue weighted by atomic mass is 10.1. The Balaban J connectivity index is 2.62. The predicted molar refractivity (Wildman–Crippen MR) is 47.1 cm³/mol. The Morgan fingerprint density at radius 2 is 2.25 bits per heavy atom. The van der Waals surface area contributed by atoms with E-state index in [1.54, 1.807) is 12.7 Å². The maximum atomic E-state index is 4.14. The van der Waals surface area contributed by atoms with Crippen molar-refractivity contribution in [3.63, 3.8) is 0 Å². The molecule has 2 aromatic rings. The van der Waals surface area contributed by atoms with Crippen molar-refractivity contribution in [2.75, 3.05) is 0 Å². The van der Waals surface area contributed by atoms with Crippen LogP contribution in [-0.2, 0) is 0 Å². The summed E-state index contributed by atoms with van der Waals surface area (Å²) in [6.45, 7) is 4.34. The molecule has 0 bridgehead atoms. The zero-order valence-corrected chi connectivity index (χ0v) is 7.23. The van der Waals surface area contributed by atoms with Gasteiger partial charge in [0.25, 0.3) is 0 Å². The number of fused-ring (bicyclic) bond motifs is 1. The van der Waals surface area contributed by atoms with Gasteiger partial charge in [0.2, 0.25) is 0 Å². The SMILES string of the molecule is CC(C)c1cc2ncncn2c1. The van der Waals surface area contributed by atoms with Crippen LogP contribution in [0.15, 0.2) is 24.9 Å². The lowest BCUT2D eigenvalue weighted by molar-refractivity contribution is 0.864. The van der Waals surface area contributed by atoms with Gasteiger partial charge in [0.05, 0.1) is 0 Å². The second-order valence-corrected chi connectivity index (χ2v) is 3.20. The number of aromatic nitrogens is 3. The van der Waals surface area contributed by atoms with Gasteiger partial charge in [-0.3, -0.25) is 4.40 Å². The number of hydrogen-bond acceptors (Lipinski definition) is 2. The van der Waals surface area contributed by atoms with Crippen molar-refractivity contribution in [1.29, 1.82) is 0 Å². The summed E-state index contributed by atoms with van der Waals surface area (Å²) in [5.74, 6) is 0.548. The molecule has 0 aliphatic heterocycles. The predicted octanol–water partition coefficient (Wildman–Crippen LogP) is 1.85. The molecule has 0 amide bonds. The fraction of sp³-hybridized carbons (Fsp3) is 0.333. The van der Waals surface area contributed by atoms with Crippen LogP contribution < -0.4 is 0 Å². The molecule has 3 nitrogen and oxygen atoms in total. The van der Waals surface area contributed by atoms with Gasteiger partial charge in [-0.15, -0.1) is 0 Å². The highest BCUT2D eigenvalue weighted by Crippen LogP contribution is 2.16. The van der Waals surface area contributed by atoms with Crippen molar-refractivity contribution in [3.8, 4) is 0 Å². The molecule has 0 saturated carbocycles. The molecule has 0 fully saturated rings. The molecule has 0 atom stereocenters. The second kappa shape index (κ2) is 2.59. The zero-order chi connectivity index (χ0) is 8.55. The van der Waals surface area contributed by atoms with E-state index in [1.807, 2.05) is 4.40 Å². The van der Waals surface area contributed by atoms with Crippen molar-refractivity contribution in [3.05, 3.63) is 30.5 Å². The van der Waals surface area contributed by atoms with E-state index in [0.717, 1.165) is 5.65 Å². The minimum Gasteiger partial charge on any atom is -0.292 e. The Morgan fingerprint density at radius 1 is 1.42 bits per heavy atom. The Labute approximate surface area is 71.1 Å². The summed E-state index contributed by atoms with van der Waals surface area (Å²) >= 11 is 0. The average molecular weight is 161 g/mol. The summed E-state index contributed by atoms with van der Waals surface area (Å²) in [4.78, 5) is 8.07. The molecule has 2 rings (SSSR count). The molecule has 0 unspecified atom stereocenters. The quantitative estimate of drug-likeness (QED) is 0.639. The van der Waals surface area contributed by atoms with Crippen LogP contribution in [-0.4, -0.2) is 14.4 Å². The highest BCUT2D eigenvalue weighted by molar-refractivity contribution is 5.42. The number of nitrogens with zero attached hydrogens (tertiary/aromatic N) is 3. The summed E-state index contributed by atoms with van der Waals surface area (Å²) in [7, 11) is 0. The molecule has 0 radical (unpaired) electrons. The van der Waals surface area contributed by atoms with Crippen LogP contribution in [0.2, 0.25) is 0 Å². The third kappa shape index (κ3) is 1.07. The molecule has 0 saturated heterocycles. The van der Waals surface area contributed by atoms with Gasteiger partial charge in [-0.05, 0) is 17.5 Å². The Kier molecular flexibility index (Phi) is 1.57. The van der Waals surface area contributed by atoms with Crippen LogP contribution in [0.4, 0.5) is 0 Å². The first kappa shape index (κ1) is 7.28. The van der Waals surface area contributed by atoms with Crippen LogP contribution in [0.25, 0.3) is 5.65 Å². The van der Waals surface area contributed by atoms with Crippen LogP contribution >= 0.6 is 0 Å². The molecule has 0 aromatic carbocycles. The smallest absolute Gasteiger partial charge is 0.139 e. The fourth-order valence-corrected chi connectivity index (χ4v) is 1.19. The Hall–Kier alpha value is -1.38. The van der Waals surface area contributed by atoms with Gasteiger partial charge in [-0.25, -0.2) is 9.97 Å². The molecule has 0 N–H and O–H groups in total. The summed E-state index contributed by atoms with van der Waals surface area (Å²) in [5, 5.41) is 0. The monoisotopic (exact) mass is 161 g/mol.